The second-order valence-electron chi connectivity index (χ2n) is 7.43. The summed E-state index contributed by atoms with van der Waals surface area (Å²) in [6.45, 7) is 12.1. The SMILES string of the molecule is CCCCCCC(C)N1C(=O)C(C(C)(C)C)NC(=O)C1C. The minimum atomic E-state index is -0.417. The third-order valence-corrected chi connectivity index (χ3v) is 4.40. The fraction of sp³-hybridized carbons (Fsp3) is 0.882. The Hall–Kier alpha value is -1.06. The zero-order chi connectivity index (χ0) is 16.2. The van der Waals surface area contributed by atoms with E-state index in [1.165, 1.54) is 19.3 Å². The molecule has 4 heteroatoms. The smallest absolute Gasteiger partial charge is 0.246 e. The lowest BCUT2D eigenvalue weighted by Gasteiger charge is -2.44. The van der Waals surface area contributed by atoms with Crippen molar-refractivity contribution in [1.29, 1.82) is 0 Å². The molecule has 1 fully saturated rings. The minimum absolute atomic E-state index is 0.0325. The van der Waals surface area contributed by atoms with Crippen LogP contribution >= 0.6 is 0 Å². The van der Waals surface area contributed by atoms with Crippen LogP contribution in [0.15, 0.2) is 0 Å². The van der Waals surface area contributed by atoms with E-state index < -0.39 is 6.04 Å². The van der Waals surface area contributed by atoms with E-state index in [0.29, 0.717) is 0 Å². The molecule has 0 aliphatic carbocycles. The van der Waals surface area contributed by atoms with Crippen molar-refractivity contribution in [2.24, 2.45) is 5.41 Å². The highest BCUT2D eigenvalue weighted by molar-refractivity contribution is 5.97. The van der Waals surface area contributed by atoms with Gasteiger partial charge in [-0.25, -0.2) is 0 Å². The summed E-state index contributed by atoms with van der Waals surface area (Å²) >= 11 is 0. The van der Waals surface area contributed by atoms with Crippen LogP contribution in [0.5, 0.6) is 0 Å². The lowest BCUT2D eigenvalue weighted by Crippen LogP contribution is -2.67. The highest BCUT2D eigenvalue weighted by atomic mass is 16.2. The average Bonchev–Trinajstić information content (AvgIpc) is 2.38. The first-order valence-electron chi connectivity index (χ1n) is 8.32. The quantitative estimate of drug-likeness (QED) is 0.766. The molecule has 21 heavy (non-hydrogen) atoms. The monoisotopic (exact) mass is 296 g/mol. The number of carbonyl (C=O) groups excluding carboxylic acids is 2. The van der Waals surface area contributed by atoms with E-state index in [-0.39, 0.29) is 29.3 Å². The summed E-state index contributed by atoms with van der Waals surface area (Å²) in [5.74, 6) is 0.0347. The van der Waals surface area contributed by atoms with Crippen LogP contribution in [-0.4, -0.2) is 34.8 Å². The first kappa shape index (κ1) is 18.0. The molecule has 0 radical (unpaired) electrons. The molecule has 1 aliphatic rings. The van der Waals surface area contributed by atoms with Gasteiger partial charge < -0.3 is 10.2 Å². The summed E-state index contributed by atoms with van der Waals surface area (Å²) < 4.78 is 0. The predicted octanol–water partition coefficient (Wildman–Crippen LogP) is 3.11. The highest BCUT2D eigenvalue weighted by Crippen LogP contribution is 2.27. The normalized spacial score (nSPS) is 25.0. The molecule has 0 spiro atoms. The summed E-state index contributed by atoms with van der Waals surface area (Å²) in [4.78, 5) is 26.8. The van der Waals surface area contributed by atoms with Crippen molar-refractivity contribution in [3.63, 3.8) is 0 Å². The summed E-state index contributed by atoms with van der Waals surface area (Å²) in [5, 5.41) is 2.89. The van der Waals surface area contributed by atoms with E-state index >= 15 is 0 Å². The van der Waals surface area contributed by atoms with Crippen LogP contribution in [0.1, 0.15) is 73.6 Å². The number of nitrogens with zero attached hydrogens (tertiary/aromatic N) is 1. The Balaban J connectivity index is 2.76. The van der Waals surface area contributed by atoms with Crippen molar-refractivity contribution in [2.45, 2.75) is 91.8 Å². The number of hydrogen-bond donors (Lipinski definition) is 1. The summed E-state index contributed by atoms with van der Waals surface area (Å²) in [6, 6.07) is -0.656. The van der Waals surface area contributed by atoms with Crippen LogP contribution in [0.3, 0.4) is 0 Å². The molecule has 1 aliphatic heterocycles. The maximum absolute atomic E-state index is 12.8. The van der Waals surface area contributed by atoms with Gasteiger partial charge in [-0.2, -0.15) is 0 Å². The standard InChI is InChI=1S/C17H32N2O2/c1-7-8-9-10-11-12(2)19-13(3)15(20)18-14(16(19)21)17(4,5)6/h12-14H,7-11H2,1-6H3,(H,18,20). The van der Waals surface area contributed by atoms with Gasteiger partial charge in [-0.05, 0) is 25.7 Å². The average molecular weight is 296 g/mol. The molecular formula is C17H32N2O2. The van der Waals surface area contributed by atoms with Gasteiger partial charge in [-0.15, -0.1) is 0 Å². The van der Waals surface area contributed by atoms with Crippen molar-refractivity contribution >= 4 is 11.8 Å². The molecular weight excluding hydrogens is 264 g/mol. The van der Waals surface area contributed by atoms with E-state index in [1.807, 2.05) is 27.7 Å². The lowest BCUT2D eigenvalue weighted by atomic mass is 9.83. The topological polar surface area (TPSA) is 49.4 Å². The van der Waals surface area contributed by atoms with Crippen LogP contribution in [0.4, 0.5) is 0 Å². The van der Waals surface area contributed by atoms with Gasteiger partial charge in [0.2, 0.25) is 11.8 Å². The molecule has 122 valence electrons. The van der Waals surface area contributed by atoms with Crippen molar-refractivity contribution in [3.8, 4) is 0 Å². The van der Waals surface area contributed by atoms with Crippen LogP contribution in [0, 0.1) is 5.41 Å². The van der Waals surface area contributed by atoms with Crippen LogP contribution in [0.2, 0.25) is 0 Å². The molecule has 4 nitrogen and oxygen atoms in total. The highest BCUT2D eigenvalue weighted by Gasteiger charge is 2.44. The Bertz CT molecular complexity index is 373. The van der Waals surface area contributed by atoms with Crippen molar-refractivity contribution < 1.29 is 9.59 Å². The Kier molecular flexibility index (Phi) is 6.24. The van der Waals surface area contributed by atoms with E-state index in [4.69, 9.17) is 0 Å². The molecule has 3 atom stereocenters. The maximum Gasteiger partial charge on any atom is 0.246 e. The molecule has 1 saturated heterocycles. The number of hydrogen-bond acceptors (Lipinski definition) is 2. The number of amides is 2. The predicted molar refractivity (Wildman–Crippen MR) is 85.9 cm³/mol. The van der Waals surface area contributed by atoms with Gasteiger partial charge in [0.1, 0.15) is 12.1 Å². The zero-order valence-electron chi connectivity index (χ0n) is 14.5. The van der Waals surface area contributed by atoms with Gasteiger partial charge in [-0.3, -0.25) is 9.59 Å². The van der Waals surface area contributed by atoms with Crippen molar-refractivity contribution in [1.82, 2.24) is 10.2 Å². The molecule has 0 aromatic carbocycles. The number of carbonyl (C=O) groups is 2. The van der Waals surface area contributed by atoms with Crippen molar-refractivity contribution in [3.05, 3.63) is 0 Å². The third-order valence-electron chi connectivity index (χ3n) is 4.40. The molecule has 0 saturated carbocycles. The molecule has 1 N–H and O–H groups in total. The first-order chi connectivity index (χ1) is 9.70. The second kappa shape index (κ2) is 7.28. The molecule has 1 heterocycles. The Labute approximate surface area is 129 Å². The van der Waals surface area contributed by atoms with Crippen LogP contribution in [0.25, 0.3) is 0 Å². The number of unbranched alkanes of at least 4 members (excludes halogenated alkanes) is 3. The molecule has 0 aromatic rings. The van der Waals surface area contributed by atoms with Gasteiger partial charge in [0.25, 0.3) is 0 Å². The fourth-order valence-corrected chi connectivity index (χ4v) is 2.98. The zero-order valence-corrected chi connectivity index (χ0v) is 14.5. The molecule has 2 amide bonds. The minimum Gasteiger partial charge on any atom is -0.342 e. The van der Waals surface area contributed by atoms with Gasteiger partial charge in [0.15, 0.2) is 0 Å². The molecule has 0 bridgehead atoms. The molecule has 1 rings (SSSR count). The Morgan fingerprint density at radius 2 is 1.81 bits per heavy atom. The van der Waals surface area contributed by atoms with Gasteiger partial charge >= 0.3 is 0 Å². The Morgan fingerprint density at radius 3 is 2.33 bits per heavy atom. The largest absolute Gasteiger partial charge is 0.342 e. The summed E-state index contributed by atoms with van der Waals surface area (Å²) in [7, 11) is 0. The third kappa shape index (κ3) is 4.45. The summed E-state index contributed by atoms with van der Waals surface area (Å²) in [5.41, 5.74) is -0.257. The van der Waals surface area contributed by atoms with Crippen LogP contribution < -0.4 is 5.32 Å². The summed E-state index contributed by atoms with van der Waals surface area (Å²) in [6.07, 6.45) is 5.74. The van der Waals surface area contributed by atoms with E-state index in [0.717, 1.165) is 12.8 Å². The van der Waals surface area contributed by atoms with Crippen molar-refractivity contribution in [2.75, 3.05) is 0 Å². The molecule has 3 unspecified atom stereocenters. The first-order valence-corrected chi connectivity index (χ1v) is 8.32. The van der Waals surface area contributed by atoms with Crippen LogP contribution in [-0.2, 0) is 9.59 Å². The van der Waals surface area contributed by atoms with Gasteiger partial charge in [0, 0.05) is 6.04 Å². The lowest BCUT2D eigenvalue weighted by molar-refractivity contribution is -0.154. The molecule has 0 aromatic heterocycles. The van der Waals surface area contributed by atoms with E-state index in [1.54, 1.807) is 4.90 Å². The number of piperazine rings is 1. The fourth-order valence-electron chi connectivity index (χ4n) is 2.98. The number of rotatable bonds is 6. The van der Waals surface area contributed by atoms with Gasteiger partial charge in [0.05, 0.1) is 0 Å². The van der Waals surface area contributed by atoms with Gasteiger partial charge in [-0.1, -0.05) is 53.4 Å². The maximum atomic E-state index is 12.8. The second-order valence-corrected chi connectivity index (χ2v) is 7.43. The number of nitrogens with one attached hydrogen (secondary N) is 1. The Morgan fingerprint density at radius 1 is 1.19 bits per heavy atom. The van der Waals surface area contributed by atoms with E-state index in [2.05, 4.69) is 19.2 Å². The van der Waals surface area contributed by atoms with E-state index in [9.17, 15) is 9.59 Å².